The van der Waals surface area contributed by atoms with E-state index in [1.165, 1.54) is 0 Å². The number of unbranched alkanes of at least 4 members (excludes halogenated alkanes) is 1. The number of benzene rings is 1. The molecule has 1 unspecified atom stereocenters. The van der Waals surface area contributed by atoms with Crippen LogP contribution >= 0.6 is 0 Å². The molecule has 0 saturated carbocycles. The summed E-state index contributed by atoms with van der Waals surface area (Å²) in [5.74, 6) is -0.0614. The summed E-state index contributed by atoms with van der Waals surface area (Å²) in [6, 6.07) is 9.93. The zero-order valence-electron chi connectivity index (χ0n) is 9.57. The van der Waals surface area contributed by atoms with Gasteiger partial charge in [-0.3, -0.25) is 4.79 Å². The third-order valence-corrected chi connectivity index (χ3v) is 2.91. The highest BCUT2D eigenvalue weighted by atomic mass is 16.1. The third kappa shape index (κ3) is 2.56. The number of para-hydroxylation sites is 1. The molecule has 1 amide bonds. The molecule has 0 spiro atoms. The minimum absolute atomic E-state index is 0.0420. The van der Waals surface area contributed by atoms with Crippen molar-refractivity contribution in [2.24, 2.45) is 0 Å². The fraction of sp³-hybridized carbons (Fsp3) is 0.385. The molecular weight excluding hydrogens is 214 g/mol. The summed E-state index contributed by atoms with van der Waals surface area (Å²) < 4.78 is 0. The second kappa shape index (κ2) is 5.35. The van der Waals surface area contributed by atoms with E-state index in [-0.39, 0.29) is 11.8 Å². The van der Waals surface area contributed by atoms with E-state index in [0.717, 1.165) is 11.3 Å². The third-order valence-electron chi connectivity index (χ3n) is 2.91. The molecule has 2 rings (SSSR count). The second-order valence-corrected chi connectivity index (χ2v) is 4.07. The van der Waals surface area contributed by atoms with Gasteiger partial charge in [-0.1, -0.05) is 18.2 Å². The first-order chi connectivity index (χ1) is 8.33. The minimum Gasteiger partial charge on any atom is -0.384 e. The van der Waals surface area contributed by atoms with E-state index in [4.69, 9.17) is 5.26 Å². The van der Waals surface area contributed by atoms with E-state index in [1.807, 2.05) is 24.3 Å². The van der Waals surface area contributed by atoms with Gasteiger partial charge in [0.2, 0.25) is 5.91 Å². The van der Waals surface area contributed by atoms with Crippen LogP contribution in [0.1, 0.15) is 24.3 Å². The lowest BCUT2D eigenvalue weighted by atomic mass is 10.0. The first-order valence-electron chi connectivity index (χ1n) is 5.80. The Kier molecular flexibility index (Phi) is 3.61. The Balaban J connectivity index is 1.92. The molecule has 0 fully saturated rings. The van der Waals surface area contributed by atoms with Crippen LogP contribution in [0.4, 0.5) is 5.69 Å². The molecule has 2 N–H and O–H groups in total. The smallest absolute Gasteiger partial charge is 0.229 e. The highest BCUT2D eigenvalue weighted by Crippen LogP contribution is 2.30. The molecule has 1 aromatic rings. The molecule has 17 heavy (non-hydrogen) atoms. The van der Waals surface area contributed by atoms with Crippen molar-refractivity contribution in [1.82, 2.24) is 5.32 Å². The van der Waals surface area contributed by atoms with E-state index in [9.17, 15) is 4.79 Å². The van der Waals surface area contributed by atoms with Crippen molar-refractivity contribution < 1.29 is 4.79 Å². The van der Waals surface area contributed by atoms with E-state index >= 15 is 0 Å². The van der Waals surface area contributed by atoms with Gasteiger partial charge in [-0.25, -0.2) is 0 Å². The van der Waals surface area contributed by atoms with Gasteiger partial charge >= 0.3 is 0 Å². The number of amides is 1. The lowest BCUT2D eigenvalue weighted by Gasteiger charge is -2.10. The number of nitrogens with zero attached hydrogens (tertiary/aromatic N) is 1. The lowest BCUT2D eigenvalue weighted by Crippen LogP contribution is -2.31. The molecule has 0 saturated heterocycles. The normalized spacial score (nSPS) is 16.8. The summed E-state index contributed by atoms with van der Waals surface area (Å²) in [6.45, 7) is 1.23. The van der Waals surface area contributed by atoms with Crippen LogP contribution in [0.15, 0.2) is 24.3 Å². The van der Waals surface area contributed by atoms with Gasteiger partial charge in [-0.2, -0.15) is 5.26 Å². The van der Waals surface area contributed by atoms with Crippen molar-refractivity contribution in [2.45, 2.75) is 18.8 Å². The molecule has 88 valence electrons. The maximum Gasteiger partial charge on any atom is 0.229 e. The highest BCUT2D eigenvalue weighted by Gasteiger charge is 2.27. The molecule has 0 aromatic heterocycles. The molecule has 0 aliphatic carbocycles. The van der Waals surface area contributed by atoms with Crippen LogP contribution in [0.3, 0.4) is 0 Å². The van der Waals surface area contributed by atoms with Crippen LogP contribution in [0.25, 0.3) is 0 Å². The number of carbonyl (C=O) groups excluding carboxylic acids is 1. The molecule has 1 aromatic carbocycles. The number of nitrogens with one attached hydrogen (secondary N) is 2. The number of hydrogen-bond acceptors (Lipinski definition) is 3. The van der Waals surface area contributed by atoms with Gasteiger partial charge in [0.25, 0.3) is 0 Å². The Morgan fingerprint density at radius 1 is 1.53 bits per heavy atom. The quantitative estimate of drug-likeness (QED) is 0.771. The number of anilines is 1. The van der Waals surface area contributed by atoms with Crippen LogP contribution in [0.5, 0.6) is 0 Å². The first-order valence-corrected chi connectivity index (χ1v) is 5.80. The predicted octanol–water partition coefficient (Wildman–Crippen LogP) is 1.62. The summed E-state index contributed by atoms with van der Waals surface area (Å²) >= 11 is 0. The zero-order valence-corrected chi connectivity index (χ0v) is 9.57. The Labute approximate surface area is 101 Å². The topological polar surface area (TPSA) is 64.9 Å². The second-order valence-electron chi connectivity index (χ2n) is 4.07. The Bertz CT molecular complexity index is 450. The van der Waals surface area contributed by atoms with E-state index in [2.05, 4.69) is 16.7 Å². The lowest BCUT2D eigenvalue weighted by molar-refractivity contribution is -0.122. The summed E-state index contributed by atoms with van der Waals surface area (Å²) in [7, 11) is 0. The van der Waals surface area contributed by atoms with Gasteiger partial charge in [-0.05, 0) is 18.1 Å². The van der Waals surface area contributed by atoms with Gasteiger partial charge in [0, 0.05) is 25.2 Å². The Hall–Kier alpha value is -2.02. The number of carbonyl (C=O) groups is 1. The van der Waals surface area contributed by atoms with Crippen LogP contribution in [-0.4, -0.2) is 19.0 Å². The average Bonchev–Trinajstić information content (AvgIpc) is 2.78. The molecule has 1 atom stereocenters. The summed E-state index contributed by atoms with van der Waals surface area (Å²) in [5, 5.41) is 14.5. The van der Waals surface area contributed by atoms with Crippen molar-refractivity contribution in [1.29, 1.82) is 5.26 Å². The highest BCUT2D eigenvalue weighted by molar-refractivity contribution is 5.88. The Morgan fingerprint density at radius 3 is 3.18 bits per heavy atom. The number of hydrogen-bond donors (Lipinski definition) is 2. The monoisotopic (exact) mass is 229 g/mol. The van der Waals surface area contributed by atoms with Crippen molar-refractivity contribution in [3.8, 4) is 6.07 Å². The molecule has 4 nitrogen and oxygen atoms in total. The predicted molar refractivity (Wildman–Crippen MR) is 65.5 cm³/mol. The molecule has 0 radical (unpaired) electrons. The van der Waals surface area contributed by atoms with Crippen LogP contribution in [0, 0.1) is 11.3 Å². The van der Waals surface area contributed by atoms with Crippen molar-refractivity contribution in [3.05, 3.63) is 29.8 Å². The number of nitriles is 1. The molecule has 1 heterocycles. The molecule has 1 aliphatic heterocycles. The average molecular weight is 229 g/mol. The van der Waals surface area contributed by atoms with Gasteiger partial charge in [0.1, 0.15) is 0 Å². The van der Waals surface area contributed by atoms with Crippen molar-refractivity contribution >= 4 is 11.6 Å². The zero-order chi connectivity index (χ0) is 12.1. The maximum atomic E-state index is 11.9. The summed E-state index contributed by atoms with van der Waals surface area (Å²) in [5.41, 5.74) is 2.11. The molecule has 0 bridgehead atoms. The van der Waals surface area contributed by atoms with Crippen molar-refractivity contribution in [2.75, 3.05) is 18.4 Å². The van der Waals surface area contributed by atoms with Gasteiger partial charge in [0.05, 0.1) is 12.0 Å². The van der Waals surface area contributed by atoms with Crippen molar-refractivity contribution in [3.63, 3.8) is 0 Å². The fourth-order valence-electron chi connectivity index (χ4n) is 2.02. The van der Waals surface area contributed by atoms with E-state index < -0.39 is 0 Å². The Morgan fingerprint density at radius 2 is 2.35 bits per heavy atom. The standard InChI is InChI=1S/C13H15N3O/c14-7-3-4-8-15-13(17)11-9-16-12-6-2-1-5-10(11)12/h1-2,5-6,11,16H,3-4,8-9H2,(H,15,17). The molecule has 1 aliphatic rings. The van der Waals surface area contributed by atoms with E-state index in [1.54, 1.807) is 0 Å². The van der Waals surface area contributed by atoms with Crippen LogP contribution in [0.2, 0.25) is 0 Å². The van der Waals surface area contributed by atoms with Gasteiger partial charge in [-0.15, -0.1) is 0 Å². The van der Waals surface area contributed by atoms with Crippen LogP contribution < -0.4 is 10.6 Å². The largest absolute Gasteiger partial charge is 0.384 e. The SMILES string of the molecule is N#CCCCNC(=O)C1CNc2ccccc21. The molecule has 4 heteroatoms. The molecular formula is C13H15N3O. The number of rotatable bonds is 4. The van der Waals surface area contributed by atoms with E-state index in [0.29, 0.717) is 25.9 Å². The summed E-state index contributed by atoms with van der Waals surface area (Å²) in [4.78, 5) is 11.9. The minimum atomic E-state index is -0.103. The first kappa shape index (κ1) is 11.5. The van der Waals surface area contributed by atoms with Gasteiger partial charge < -0.3 is 10.6 Å². The maximum absolute atomic E-state index is 11.9. The fourth-order valence-corrected chi connectivity index (χ4v) is 2.02. The number of fused-ring (bicyclic) bond motifs is 1. The van der Waals surface area contributed by atoms with Gasteiger partial charge in [0.15, 0.2) is 0 Å². The summed E-state index contributed by atoms with van der Waals surface area (Å²) in [6.07, 6.45) is 1.20. The van der Waals surface area contributed by atoms with Crippen LogP contribution in [-0.2, 0) is 4.79 Å².